The van der Waals surface area contributed by atoms with Gasteiger partial charge in [-0.25, -0.2) is 4.98 Å². The van der Waals surface area contributed by atoms with Crippen molar-refractivity contribution in [2.24, 2.45) is 5.73 Å². The van der Waals surface area contributed by atoms with E-state index >= 15 is 0 Å². The minimum atomic E-state index is 0.0816. The smallest absolute Gasteiger partial charge is 0.143 e. The quantitative estimate of drug-likeness (QED) is 0.903. The highest BCUT2D eigenvalue weighted by Crippen LogP contribution is 2.27. The molecule has 1 aromatic heterocycles. The van der Waals surface area contributed by atoms with E-state index in [-0.39, 0.29) is 6.10 Å². The maximum atomic E-state index is 5.86. The summed E-state index contributed by atoms with van der Waals surface area (Å²) in [6.07, 6.45) is 1.73. The number of morpholine rings is 1. The van der Waals surface area contributed by atoms with E-state index < -0.39 is 0 Å². The molecule has 1 aromatic rings. The van der Waals surface area contributed by atoms with Crippen LogP contribution in [0.15, 0.2) is 16.7 Å². The molecule has 16 heavy (non-hydrogen) atoms. The van der Waals surface area contributed by atoms with E-state index in [9.17, 15) is 0 Å². The average Bonchev–Trinajstić information content (AvgIpc) is 2.29. The Hall–Kier alpha value is -0.360. The monoisotopic (exact) mass is 305 g/mol. The predicted molar refractivity (Wildman–Crippen MR) is 68.0 cm³/mol. The predicted octanol–water partition coefficient (Wildman–Crippen LogP) is 1.66. The molecule has 1 saturated heterocycles. The zero-order chi connectivity index (χ0) is 11.5. The lowest BCUT2D eigenvalue weighted by atomic mass is 10.2. The van der Waals surface area contributed by atoms with E-state index in [1.807, 2.05) is 6.07 Å². The van der Waals surface area contributed by atoms with Gasteiger partial charge in [-0.15, -0.1) is 0 Å². The largest absolute Gasteiger partial charge is 0.373 e. The first-order valence-corrected chi connectivity index (χ1v) is 6.25. The highest BCUT2D eigenvalue weighted by atomic mass is 79.9. The normalized spacial score (nSPS) is 21.2. The Morgan fingerprint density at radius 3 is 3.19 bits per heavy atom. The molecule has 1 aliphatic heterocycles. The van der Waals surface area contributed by atoms with Gasteiger partial charge >= 0.3 is 0 Å². The summed E-state index contributed by atoms with van der Waals surface area (Å²) in [7, 11) is 0. The maximum Gasteiger partial charge on any atom is 0.143 e. The third kappa shape index (κ3) is 2.66. The van der Waals surface area contributed by atoms with Crippen LogP contribution in [0.4, 0.5) is 5.82 Å². The van der Waals surface area contributed by atoms with Gasteiger partial charge < -0.3 is 15.4 Å². The van der Waals surface area contributed by atoms with E-state index in [0.717, 1.165) is 23.4 Å². The molecule has 1 atom stereocenters. The summed E-state index contributed by atoms with van der Waals surface area (Å²) in [6.45, 7) is 2.80. The molecule has 0 radical (unpaired) electrons. The first-order valence-electron chi connectivity index (χ1n) is 5.08. The third-order valence-electron chi connectivity index (χ3n) is 2.49. The molecule has 0 saturated carbocycles. The number of ether oxygens (including phenoxy) is 1. The Morgan fingerprint density at radius 1 is 1.69 bits per heavy atom. The van der Waals surface area contributed by atoms with Gasteiger partial charge in [-0.05, 0) is 22.0 Å². The maximum absolute atomic E-state index is 5.86. The summed E-state index contributed by atoms with van der Waals surface area (Å²) in [5, 5.41) is 0.624. The van der Waals surface area contributed by atoms with Gasteiger partial charge in [0.05, 0.1) is 22.2 Å². The highest BCUT2D eigenvalue weighted by molar-refractivity contribution is 9.10. The van der Waals surface area contributed by atoms with Crippen LogP contribution in [-0.2, 0) is 4.74 Å². The van der Waals surface area contributed by atoms with E-state index in [1.165, 1.54) is 0 Å². The zero-order valence-corrected chi connectivity index (χ0v) is 11.0. The zero-order valence-electron chi connectivity index (χ0n) is 8.70. The van der Waals surface area contributed by atoms with Gasteiger partial charge in [0.15, 0.2) is 0 Å². The van der Waals surface area contributed by atoms with Crippen LogP contribution < -0.4 is 10.6 Å². The summed E-state index contributed by atoms with van der Waals surface area (Å²) in [5.74, 6) is 0.895. The second-order valence-electron chi connectivity index (χ2n) is 3.63. The Bertz CT molecular complexity index is 377. The Kier molecular flexibility index (Phi) is 4.02. The lowest BCUT2D eigenvalue weighted by molar-refractivity contribution is 0.0462. The fraction of sp³-hybridized carbons (Fsp3) is 0.500. The van der Waals surface area contributed by atoms with Gasteiger partial charge in [0.25, 0.3) is 0 Å². The van der Waals surface area contributed by atoms with Gasteiger partial charge in [0.1, 0.15) is 5.82 Å². The van der Waals surface area contributed by atoms with Crippen molar-refractivity contribution in [3.8, 4) is 0 Å². The van der Waals surface area contributed by atoms with Crippen LogP contribution in [0.1, 0.15) is 0 Å². The number of pyridine rings is 1. The second kappa shape index (κ2) is 5.31. The molecule has 0 bridgehead atoms. The number of hydrogen-bond acceptors (Lipinski definition) is 4. The molecule has 0 aliphatic carbocycles. The van der Waals surface area contributed by atoms with Crippen LogP contribution >= 0.6 is 27.5 Å². The molecule has 2 rings (SSSR count). The molecular formula is C10H13BrClN3O. The van der Waals surface area contributed by atoms with E-state index in [1.54, 1.807) is 6.20 Å². The van der Waals surface area contributed by atoms with Crippen LogP contribution in [-0.4, -0.2) is 37.3 Å². The molecule has 0 amide bonds. The van der Waals surface area contributed by atoms with Crippen molar-refractivity contribution in [2.75, 3.05) is 31.1 Å². The van der Waals surface area contributed by atoms with Crippen LogP contribution in [0.2, 0.25) is 5.02 Å². The van der Waals surface area contributed by atoms with Crippen molar-refractivity contribution in [1.82, 2.24) is 4.98 Å². The first-order chi connectivity index (χ1) is 7.70. The van der Waals surface area contributed by atoms with E-state index in [4.69, 9.17) is 22.1 Å². The fourth-order valence-electron chi connectivity index (χ4n) is 1.69. The molecule has 4 nitrogen and oxygen atoms in total. The molecule has 1 fully saturated rings. The standard InChI is InChI=1S/C10H13BrClN3O/c11-9-3-7(12)5-14-10(9)15-1-2-16-8(4-13)6-15/h3,5,8H,1-2,4,6,13H2. The van der Waals surface area contributed by atoms with Gasteiger partial charge in [-0.2, -0.15) is 0 Å². The van der Waals surface area contributed by atoms with Crippen LogP contribution in [0, 0.1) is 0 Å². The van der Waals surface area contributed by atoms with Crippen molar-refractivity contribution < 1.29 is 4.74 Å². The molecule has 88 valence electrons. The van der Waals surface area contributed by atoms with Crippen molar-refractivity contribution in [2.45, 2.75) is 6.10 Å². The van der Waals surface area contributed by atoms with E-state index in [0.29, 0.717) is 18.2 Å². The summed E-state index contributed by atoms with van der Waals surface area (Å²) in [4.78, 5) is 6.48. The fourth-order valence-corrected chi connectivity index (χ4v) is 2.58. The van der Waals surface area contributed by atoms with Crippen molar-refractivity contribution in [3.05, 3.63) is 21.8 Å². The molecule has 2 N–H and O–H groups in total. The Morgan fingerprint density at radius 2 is 2.50 bits per heavy atom. The third-order valence-corrected chi connectivity index (χ3v) is 3.28. The minimum Gasteiger partial charge on any atom is -0.373 e. The van der Waals surface area contributed by atoms with Crippen molar-refractivity contribution in [1.29, 1.82) is 0 Å². The second-order valence-corrected chi connectivity index (χ2v) is 4.92. The number of halogens is 2. The number of rotatable bonds is 2. The Labute approximate surface area is 108 Å². The van der Waals surface area contributed by atoms with Crippen molar-refractivity contribution >= 4 is 33.3 Å². The summed E-state index contributed by atoms with van der Waals surface area (Å²) >= 11 is 9.32. The van der Waals surface area contributed by atoms with Crippen LogP contribution in [0.25, 0.3) is 0 Å². The van der Waals surface area contributed by atoms with Crippen LogP contribution in [0.3, 0.4) is 0 Å². The lowest BCUT2D eigenvalue weighted by Crippen LogP contribution is -2.46. The molecule has 2 heterocycles. The minimum absolute atomic E-state index is 0.0816. The number of hydrogen-bond donors (Lipinski definition) is 1. The van der Waals surface area contributed by atoms with Gasteiger partial charge in [0, 0.05) is 25.8 Å². The SMILES string of the molecule is NCC1CN(c2ncc(Cl)cc2Br)CCO1. The lowest BCUT2D eigenvalue weighted by Gasteiger charge is -2.33. The van der Waals surface area contributed by atoms with Crippen LogP contribution in [0.5, 0.6) is 0 Å². The highest BCUT2D eigenvalue weighted by Gasteiger charge is 2.21. The number of nitrogens with two attached hydrogens (primary N) is 1. The molecular weight excluding hydrogens is 293 g/mol. The molecule has 1 aliphatic rings. The van der Waals surface area contributed by atoms with Gasteiger partial charge in [-0.1, -0.05) is 11.6 Å². The molecule has 0 aromatic carbocycles. The van der Waals surface area contributed by atoms with Gasteiger partial charge in [0.2, 0.25) is 0 Å². The summed E-state index contributed by atoms with van der Waals surface area (Å²) in [5.41, 5.74) is 5.60. The Balaban J connectivity index is 2.16. The number of anilines is 1. The summed E-state index contributed by atoms with van der Waals surface area (Å²) < 4.78 is 6.41. The molecule has 6 heteroatoms. The van der Waals surface area contributed by atoms with E-state index in [2.05, 4.69) is 25.8 Å². The first kappa shape index (κ1) is 12.1. The van der Waals surface area contributed by atoms with Gasteiger partial charge in [-0.3, -0.25) is 0 Å². The topological polar surface area (TPSA) is 51.4 Å². The number of aromatic nitrogens is 1. The summed E-state index contributed by atoms with van der Waals surface area (Å²) in [6, 6.07) is 1.84. The number of nitrogens with zero attached hydrogens (tertiary/aromatic N) is 2. The molecule has 0 spiro atoms. The van der Waals surface area contributed by atoms with Crippen molar-refractivity contribution in [3.63, 3.8) is 0 Å². The molecule has 1 unspecified atom stereocenters. The average molecular weight is 307 g/mol.